The Kier molecular flexibility index (Phi) is 6.01. The van der Waals surface area contributed by atoms with Gasteiger partial charge in [0.2, 0.25) is 5.91 Å². The van der Waals surface area contributed by atoms with Crippen LogP contribution < -0.4 is 16.0 Å². The fraction of sp³-hybridized carbons (Fsp3) is 0.444. The van der Waals surface area contributed by atoms with E-state index in [-0.39, 0.29) is 36.8 Å². The molecule has 0 spiro atoms. The zero-order valence-corrected chi connectivity index (χ0v) is 14.9. The molecule has 2 rings (SSSR count). The largest absolute Gasteiger partial charge is 0.459 e. The quantitative estimate of drug-likeness (QED) is 0.749. The summed E-state index contributed by atoms with van der Waals surface area (Å²) in [5.74, 6) is 0.132. The molecule has 0 fully saturated rings. The van der Waals surface area contributed by atoms with Crippen LogP contribution in [0.2, 0.25) is 0 Å². The van der Waals surface area contributed by atoms with Crippen molar-refractivity contribution < 1.29 is 18.4 Å². The number of hydrogen-bond acceptors (Lipinski definition) is 3. The van der Waals surface area contributed by atoms with Gasteiger partial charge >= 0.3 is 6.03 Å². The molecule has 6 nitrogen and oxygen atoms in total. The summed E-state index contributed by atoms with van der Waals surface area (Å²) in [6, 6.07) is 3.61. The molecule has 0 saturated heterocycles. The molecule has 3 amide bonds. The molecule has 136 valence electrons. The van der Waals surface area contributed by atoms with Crippen LogP contribution in [0.5, 0.6) is 0 Å². The molecule has 0 aliphatic heterocycles. The van der Waals surface area contributed by atoms with E-state index >= 15 is 0 Å². The minimum Gasteiger partial charge on any atom is -0.459 e. The molecule has 1 aromatic heterocycles. The number of rotatable bonds is 6. The molecule has 1 heterocycles. The van der Waals surface area contributed by atoms with E-state index in [1.807, 2.05) is 20.8 Å². The normalized spacial score (nSPS) is 12.2. The molecule has 0 aliphatic rings. The maximum atomic E-state index is 13.4. The lowest BCUT2D eigenvalue weighted by Crippen LogP contribution is -2.39. The predicted octanol–water partition coefficient (Wildman–Crippen LogP) is 3.16. The maximum absolute atomic E-state index is 13.4. The lowest BCUT2D eigenvalue weighted by molar-refractivity contribution is -0.121. The minimum absolute atomic E-state index is 0.0715. The third kappa shape index (κ3) is 4.95. The Morgan fingerprint density at radius 3 is 2.60 bits per heavy atom. The van der Waals surface area contributed by atoms with Crippen molar-refractivity contribution in [3.8, 4) is 0 Å². The number of carbonyl (C=O) groups excluding carboxylic acids is 2. The van der Waals surface area contributed by atoms with Gasteiger partial charge in [0.25, 0.3) is 0 Å². The van der Waals surface area contributed by atoms with Crippen molar-refractivity contribution in [3.05, 3.63) is 35.3 Å². The van der Waals surface area contributed by atoms with Crippen molar-refractivity contribution in [1.29, 1.82) is 0 Å². The van der Waals surface area contributed by atoms with Crippen LogP contribution in [0.15, 0.2) is 22.6 Å². The second-order valence-corrected chi connectivity index (χ2v) is 6.33. The molecular weight excluding hydrogens is 325 g/mol. The summed E-state index contributed by atoms with van der Waals surface area (Å²) >= 11 is 0. The number of amides is 3. The van der Waals surface area contributed by atoms with Crippen LogP contribution in [0.4, 0.5) is 9.18 Å². The van der Waals surface area contributed by atoms with Crippen LogP contribution in [-0.2, 0) is 4.79 Å². The van der Waals surface area contributed by atoms with E-state index in [4.69, 9.17) is 4.42 Å². The SMILES string of the molecule is Cc1c([C@@H](C)NC(=O)NCCC(=O)NC(C)C)oc2ccc(F)cc12. The molecule has 25 heavy (non-hydrogen) atoms. The van der Waals surface area contributed by atoms with Crippen molar-refractivity contribution in [2.24, 2.45) is 0 Å². The number of furan rings is 1. The number of urea groups is 1. The second-order valence-electron chi connectivity index (χ2n) is 6.33. The summed E-state index contributed by atoms with van der Waals surface area (Å²) in [4.78, 5) is 23.5. The van der Waals surface area contributed by atoms with E-state index in [2.05, 4.69) is 16.0 Å². The van der Waals surface area contributed by atoms with E-state index in [1.54, 1.807) is 13.0 Å². The molecule has 1 atom stereocenters. The van der Waals surface area contributed by atoms with Gasteiger partial charge in [-0.1, -0.05) is 0 Å². The monoisotopic (exact) mass is 349 g/mol. The molecule has 7 heteroatoms. The van der Waals surface area contributed by atoms with Crippen LogP contribution in [0.3, 0.4) is 0 Å². The highest BCUT2D eigenvalue weighted by Gasteiger charge is 2.18. The van der Waals surface area contributed by atoms with E-state index in [1.165, 1.54) is 12.1 Å². The first-order chi connectivity index (χ1) is 11.8. The number of fused-ring (bicyclic) bond motifs is 1. The lowest BCUT2D eigenvalue weighted by Gasteiger charge is -2.14. The minimum atomic E-state index is -0.393. The van der Waals surface area contributed by atoms with Gasteiger partial charge < -0.3 is 20.4 Å². The summed E-state index contributed by atoms with van der Waals surface area (Å²) < 4.78 is 19.1. The van der Waals surface area contributed by atoms with Crippen LogP contribution >= 0.6 is 0 Å². The molecule has 0 saturated carbocycles. The number of benzene rings is 1. The number of hydrogen-bond donors (Lipinski definition) is 3. The van der Waals surface area contributed by atoms with Gasteiger partial charge in [-0.05, 0) is 45.9 Å². The zero-order chi connectivity index (χ0) is 18.6. The molecule has 0 bridgehead atoms. The highest BCUT2D eigenvalue weighted by atomic mass is 19.1. The number of carbonyl (C=O) groups is 2. The summed E-state index contributed by atoms with van der Waals surface area (Å²) in [5, 5.41) is 8.84. The van der Waals surface area contributed by atoms with Gasteiger partial charge in [-0.3, -0.25) is 4.79 Å². The fourth-order valence-electron chi connectivity index (χ4n) is 2.62. The average Bonchev–Trinajstić information content (AvgIpc) is 2.83. The first kappa shape index (κ1) is 18.8. The summed E-state index contributed by atoms with van der Waals surface area (Å²) in [7, 11) is 0. The van der Waals surface area contributed by atoms with Gasteiger partial charge in [0.15, 0.2) is 0 Å². The highest BCUT2D eigenvalue weighted by molar-refractivity contribution is 5.83. The van der Waals surface area contributed by atoms with Gasteiger partial charge in [0.05, 0.1) is 6.04 Å². The number of halogens is 1. The average molecular weight is 349 g/mol. The van der Waals surface area contributed by atoms with Gasteiger partial charge in [-0.25, -0.2) is 9.18 Å². The molecule has 2 aromatic rings. The molecule has 1 aromatic carbocycles. The fourth-order valence-corrected chi connectivity index (χ4v) is 2.62. The standard InChI is InChI=1S/C18H24FN3O3/c1-10(2)21-16(23)7-8-20-18(24)22-12(4)17-11(3)14-9-13(19)5-6-15(14)25-17/h5-6,9-10,12H,7-8H2,1-4H3,(H,21,23)(H2,20,22,24)/t12-/m1/s1. The van der Waals surface area contributed by atoms with E-state index in [0.29, 0.717) is 16.7 Å². The molecular formula is C18H24FN3O3. The Bertz CT molecular complexity index is 770. The summed E-state index contributed by atoms with van der Waals surface area (Å²) in [6.07, 6.45) is 0.211. The van der Waals surface area contributed by atoms with Crippen LogP contribution in [0.1, 0.15) is 44.6 Å². The first-order valence-electron chi connectivity index (χ1n) is 8.30. The Labute approximate surface area is 146 Å². The van der Waals surface area contributed by atoms with Gasteiger partial charge in [0.1, 0.15) is 17.2 Å². The van der Waals surface area contributed by atoms with Crippen molar-refractivity contribution >= 4 is 22.9 Å². The molecule has 0 aliphatic carbocycles. The maximum Gasteiger partial charge on any atom is 0.315 e. The van der Waals surface area contributed by atoms with Crippen molar-refractivity contribution in [1.82, 2.24) is 16.0 Å². The molecule has 0 unspecified atom stereocenters. The van der Waals surface area contributed by atoms with E-state index in [0.717, 1.165) is 5.56 Å². The smallest absolute Gasteiger partial charge is 0.315 e. The Morgan fingerprint density at radius 1 is 1.20 bits per heavy atom. The van der Waals surface area contributed by atoms with Gasteiger partial charge in [0, 0.05) is 30.0 Å². The van der Waals surface area contributed by atoms with Gasteiger partial charge in [-0.15, -0.1) is 0 Å². The van der Waals surface area contributed by atoms with Crippen molar-refractivity contribution in [3.63, 3.8) is 0 Å². The van der Waals surface area contributed by atoms with Crippen LogP contribution in [0.25, 0.3) is 11.0 Å². The topological polar surface area (TPSA) is 83.4 Å². The third-order valence-corrected chi connectivity index (χ3v) is 3.76. The summed E-state index contributed by atoms with van der Waals surface area (Å²) in [5.41, 5.74) is 1.37. The van der Waals surface area contributed by atoms with Crippen LogP contribution in [0, 0.1) is 12.7 Å². The van der Waals surface area contributed by atoms with Crippen LogP contribution in [-0.4, -0.2) is 24.5 Å². The Morgan fingerprint density at radius 2 is 1.92 bits per heavy atom. The highest BCUT2D eigenvalue weighted by Crippen LogP contribution is 2.29. The van der Waals surface area contributed by atoms with Crippen molar-refractivity contribution in [2.75, 3.05) is 6.54 Å². The summed E-state index contributed by atoms with van der Waals surface area (Å²) in [6.45, 7) is 7.60. The Balaban J connectivity index is 1.91. The first-order valence-corrected chi connectivity index (χ1v) is 8.30. The van der Waals surface area contributed by atoms with E-state index in [9.17, 15) is 14.0 Å². The second kappa shape index (κ2) is 8.00. The Hall–Kier alpha value is -2.57. The molecule has 3 N–H and O–H groups in total. The number of aryl methyl sites for hydroxylation is 1. The lowest BCUT2D eigenvalue weighted by atomic mass is 10.1. The van der Waals surface area contributed by atoms with Crippen molar-refractivity contribution in [2.45, 2.75) is 46.2 Å². The predicted molar refractivity (Wildman–Crippen MR) is 93.8 cm³/mol. The van der Waals surface area contributed by atoms with Gasteiger partial charge in [-0.2, -0.15) is 0 Å². The third-order valence-electron chi connectivity index (χ3n) is 3.76. The zero-order valence-electron chi connectivity index (χ0n) is 14.9. The number of nitrogens with one attached hydrogen (secondary N) is 3. The molecule has 0 radical (unpaired) electrons. The van der Waals surface area contributed by atoms with E-state index < -0.39 is 6.03 Å².